The highest BCUT2D eigenvalue weighted by Crippen LogP contribution is 2.19. The molecule has 0 aliphatic rings. The lowest BCUT2D eigenvalue weighted by Gasteiger charge is -2.24. The maximum Gasteiger partial charge on any atom is 0.326 e. The summed E-state index contributed by atoms with van der Waals surface area (Å²) < 4.78 is 0. The second kappa shape index (κ2) is 13.7. The number of aromatic amines is 1. The van der Waals surface area contributed by atoms with Crippen molar-refractivity contribution in [3.8, 4) is 0 Å². The van der Waals surface area contributed by atoms with Crippen LogP contribution in [0.1, 0.15) is 32.3 Å². The van der Waals surface area contributed by atoms with E-state index < -0.39 is 60.2 Å². The molecule has 12 nitrogen and oxygen atoms in total. The molecule has 0 radical (unpaired) electrons. The lowest BCUT2D eigenvalue weighted by molar-refractivity contribution is -0.142. The van der Waals surface area contributed by atoms with Crippen molar-refractivity contribution in [1.29, 1.82) is 0 Å². The van der Waals surface area contributed by atoms with Crippen LogP contribution in [-0.2, 0) is 30.4 Å². The third kappa shape index (κ3) is 8.79. The zero-order valence-electron chi connectivity index (χ0n) is 20.7. The van der Waals surface area contributed by atoms with Crippen molar-refractivity contribution < 1.29 is 29.1 Å². The molecule has 0 aliphatic carbocycles. The maximum absolute atomic E-state index is 12.9. The number of carboxylic acids is 1. The van der Waals surface area contributed by atoms with Gasteiger partial charge in [-0.05, 0) is 24.0 Å². The van der Waals surface area contributed by atoms with E-state index in [1.54, 1.807) is 6.20 Å². The molecule has 13 heteroatoms. The molecule has 202 valence electrons. The number of para-hydroxylation sites is 1. The third-order valence-corrected chi connectivity index (χ3v) is 5.99. The lowest BCUT2D eigenvalue weighted by atomic mass is 10.0. The number of hydrogen-bond donors (Lipinski definition) is 8. The van der Waals surface area contributed by atoms with E-state index in [9.17, 15) is 29.1 Å². The number of H-pyrrole nitrogens is 1. The minimum atomic E-state index is -1.38. The number of fused-ring (bicyclic) bond motifs is 1. The van der Waals surface area contributed by atoms with Gasteiger partial charge in [-0.3, -0.25) is 19.2 Å². The van der Waals surface area contributed by atoms with E-state index in [0.29, 0.717) is 12.0 Å². The Hall–Kier alpha value is -3.58. The molecule has 2 aromatic rings. The Morgan fingerprint density at radius 3 is 2.16 bits per heavy atom. The van der Waals surface area contributed by atoms with Crippen molar-refractivity contribution in [3.05, 3.63) is 36.0 Å². The van der Waals surface area contributed by atoms with Crippen LogP contribution in [-0.4, -0.2) is 69.6 Å². The molecule has 4 unspecified atom stereocenters. The molecule has 0 bridgehead atoms. The quantitative estimate of drug-likeness (QED) is 0.148. The van der Waals surface area contributed by atoms with Crippen LogP contribution in [0.2, 0.25) is 0 Å². The van der Waals surface area contributed by atoms with Crippen molar-refractivity contribution >= 4 is 53.1 Å². The third-order valence-electron chi connectivity index (χ3n) is 5.63. The fraction of sp³-hybridized carbons (Fsp3) is 0.458. The number of hydrogen-bond acceptors (Lipinski definition) is 7. The van der Waals surface area contributed by atoms with E-state index in [-0.39, 0.29) is 18.1 Å². The number of aliphatic carboxylic acids is 1. The number of nitrogens with one attached hydrogen (secondary N) is 4. The molecular formula is C24H34N6O6S. The molecular weight excluding hydrogens is 500 g/mol. The Bertz CT molecular complexity index is 1140. The van der Waals surface area contributed by atoms with Crippen LogP contribution < -0.4 is 27.4 Å². The number of rotatable bonds is 14. The number of carbonyl (C=O) groups excluding carboxylic acids is 4. The van der Waals surface area contributed by atoms with Gasteiger partial charge in [-0.25, -0.2) is 4.79 Å². The van der Waals surface area contributed by atoms with Gasteiger partial charge in [0.2, 0.25) is 23.6 Å². The number of benzene rings is 1. The second-order valence-corrected chi connectivity index (χ2v) is 9.54. The fourth-order valence-electron chi connectivity index (χ4n) is 3.76. The number of carboxylic acid groups (broad SMARTS) is 1. The van der Waals surface area contributed by atoms with Gasteiger partial charge in [0.25, 0.3) is 0 Å². The molecule has 1 aromatic carbocycles. The molecule has 1 heterocycles. The van der Waals surface area contributed by atoms with E-state index in [2.05, 4.69) is 33.6 Å². The highest BCUT2D eigenvalue weighted by molar-refractivity contribution is 7.80. The number of nitrogens with two attached hydrogens (primary N) is 2. The first-order chi connectivity index (χ1) is 17.4. The van der Waals surface area contributed by atoms with Crippen molar-refractivity contribution in [3.63, 3.8) is 0 Å². The number of amides is 4. The van der Waals surface area contributed by atoms with Gasteiger partial charge in [-0.1, -0.05) is 32.0 Å². The van der Waals surface area contributed by atoms with Gasteiger partial charge in [0.15, 0.2) is 0 Å². The van der Waals surface area contributed by atoms with E-state index in [0.717, 1.165) is 10.9 Å². The number of carbonyl (C=O) groups is 5. The second-order valence-electron chi connectivity index (χ2n) is 9.17. The molecule has 0 aliphatic heterocycles. The Morgan fingerprint density at radius 1 is 0.973 bits per heavy atom. The molecule has 37 heavy (non-hydrogen) atoms. The van der Waals surface area contributed by atoms with Gasteiger partial charge in [-0.15, -0.1) is 0 Å². The predicted molar refractivity (Wildman–Crippen MR) is 141 cm³/mol. The molecule has 0 fully saturated rings. The molecule has 4 amide bonds. The average Bonchev–Trinajstić information content (AvgIpc) is 3.23. The summed E-state index contributed by atoms with van der Waals surface area (Å²) in [4.78, 5) is 64.5. The van der Waals surface area contributed by atoms with Crippen LogP contribution in [0.15, 0.2) is 30.5 Å². The molecule has 0 saturated heterocycles. The highest BCUT2D eigenvalue weighted by Gasteiger charge is 2.31. The SMILES string of the molecule is CC(C)CC(N)C(=O)NC(CC(N)=O)C(=O)NC(CS)C(=O)NC(Cc1c[nH]c2ccccc12)C(=O)O. The van der Waals surface area contributed by atoms with E-state index in [4.69, 9.17) is 11.5 Å². The van der Waals surface area contributed by atoms with Gasteiger partial charge in [-0.2, -0.15) is 12.6 Å². The molecule has 0 saturated carbocycles. The van der Waals surface area contributed by atoms with Crippen molar-refractivity contribution in [2.24, 2.45) is 17.4 Å². The Balaban J connectivity index is 2.09. The number of primary amides is 1. The first-order valence-electron chi connectivity index (χ1n) is 11.8. The van der Waals surface area contributed by atoms with Gasteiger partial charge in [0.05, 0.1) is 12.5 Å². The summed E-state index contributed by atoms with van der Waals surface area (Å²) in [7, 11) is 0. The summed E-state index contributed by atoms with van der Waals surface area (Å²) in [6, 6.07) is 2.50. The standard InChI is InChI=1S/C24H34N6O6S/c1-12(2)7-15(25)21(32)28-17(9-20(26)31)22(33)30-19(11-37)23(34)29-18(24(35)36)8-13-10-27-16-6-4-3-5-14(13)16/h3-6,10,12,15,17-19,27,37H,7-9,11,25H2,1-2H3,(H2,26,31)(H,28,32)(H,29,34)(H,30,33)(H,35,36). The van der Waals surface area contributed by atoms with Crippen LogP contribution in [0.4, 0.5) is 0 Å². The van der Waals surface area contributed by atoms with Crippen LogP contribution in [0, 0.1) is 5.92 Å². The topological polar surface area (TPSA) is 209 Å². The van der Waals surface area contributed by atoms with Crippen LogP contribution in [0.25, 0.3) is 10.9 Å². The number of aromatic nitrogens is 1. The summed E-state index contributed by atoms with van der Waals surface area (Å²) >= 11 is 4.09. The zero-order valence-corrected chi connectivity index (χ0v) is 21.6. The first-order valence-corrected chi connectivity index (χ1v) is 12.4. The fourth-order valence-corrected chi connectivity index (χ4v) is 4.02. The highest BCUT2D eigenvalue weighted by atomic mass is 32.1. The van der Waals surface area contributed by atoms with Crippen LogP contribution in [0.3, 0.4) is 0 Å². The molecule has 1 aromatic heterocycles. The van der Waals surface area contributed by atoms with Crippen LogP contribution >= 0.6 is 12.6 Å². The van der Waals surface area contributed by atoms with E-state index in [1.807, 2.05) is 38.1 Å². The monoisotopic (exact) mass is 534 g/mol. The minimum absolute atomic E-state index is 0.00752. The molecule has 2 rings (SSSR count). The van der Waals surface area contributed by atoms with Crippen LogP contribution in [0.5, 0.6) is 0 Å². The molecule has 0 spiro atoms. The maximum atomic E-state index is 12.9. The molecule has 4 atom stereocenters. The minimum Gasteiger partial charge on any atom is -0.480 e. The lowest BCUT2D eigenvalue weighted by Crippen LogP contribution is -2.58. The summed E-state index contributed by atoms with van der Waals surface area (Å²) in [5.41, 5.74) is 12.6. The van der Waals surface area contributed by atoms with Gasteiger partial charge in [0.1, 0.15) is 18.1 Å². The predicted octanol–water partition coefficient (Wildman–Crippen LogP) is -0.572. The first kappa shape index (κ1) is 29.6. The average molecular weight is 535 g/mol. The van der Waals surface area contributed by atoms with E-state index in [1.165, 1.54) is 0 Å². The van der Waals surface area contributed by atoms with Gasteiger partial charge < -0.3 is 37.5 Å². The molecule has 9 N–H and O–H groups in total. The summed E-state index contributed by atoms with van der Waals surface area (Å²) in [5.74, 6) is -4.48. The Kier molecular flexibility index (Phi) is 10.9. The van der Waals surface area contributed by atoms with Gasteiger partial charge in [0, 0.05) is 29.3 Å². The van der Waals surface area contributed by atoms with Crippen molar-refractivity contribution in [2.75, 3.05) is 5.75 Å². The largest absolute Gasteiger partial charge is 0.480 e. The Labute approximate surface area is 219 Å². The van der Waals surface area contributed by atoms with E-state index >= 15 is 0 Å². The summed E-state index contributed by atoms with van der Waals surface area (Å²) in [6.07, 6.45) is 1.49. The van der Waals surface area contributed by atoms with Crippen molar-refractivity contribution in [1.82, 2.24) is 20.9 Å². The summed E-state index contributed by atoms with van der Waals surface area (Å²) in [5, 5.41) is 17.7. The number of thiol groups is 1. The van der Waals surface area contributed by atoms with Gasteiger partial charge >= 0.3 is 5.97 Å². The smallest absolute Gasteiger partial charge is 0.326 e. The van der Waals surface area contributed by atoms with Crippen molar-refractivity contribution in [2.45, 2.75) is 57.3 Å². The Morgan fingerprint density at radius 2 is 1.57 bits per heavy atom. The zero-order chi connectivity index (χ0) is 27.7. The summed E-state index contributed by atoms with van der Waals surface area (Å²) in [6.45, 7) is 3.75. The normalized spacial score (nSPS) is 14.4.